The highest BCUT2D eigenvalue weighted by molar-refractivity contribution is 5.39. The maximum Gasteiger partial charge on any atom is 0.116 e. The fourth-order valence-electron chi connectivity index (χ4n) is 1.22. The monoisotopic (exact) mass is 242 g/mol. The Hall–Kier alpha value is -1.02. The van der Waals surface area contributed by atoms with Gasteiger partial charge in [-0.25, -0.2) is 0 Å². The second kappa shape index (κ2) is 15.0. The fourth-order valence-corrected chi connectivity index (χ4v) is 1.22. The van der Waals surface area contributed by atoms with Crippen molar-refractivity contribution in [3.8, 4) is 5.75 Å². The molecule has 0 saturated heterocycles. The quantitative estimate of drug-likeness (QED) is 0.756. The first-order chi connectivity index (χ1) is 8.15. The van der Waals surface area contributed by atoms with Crippen LogP contribution in [0.1, 0.15) is 58.2 Å². The molecule has 1 aromatic carbocycles. The molecule has 0 amide bonds. The molecule has 0 spiro atoms. The van der Waals surface area contributed by atoms with E-state index in [9.17, 15) is 0 Å². The zero-order valence-corrected chi connectivity index (χ0v) is 12.8. The minimum absolute atomic E-state index is 0.0396. The number of hydrogen-bond acceptors (Lipinski definition) is 2. The molecule has 0 unspecified atom stereocenters. The van der Waals surface area contributed by atoms with Crippen LogP contribution in [0.5, 0.6) is 5.75 Å². The van der Waals surface area contributed by atoms with Crippen molar-refractivity contribution in [3.63, 3.8) is 0 Å². The number of aliphatic hydroxyl groups is 1. The second-order valence-corrected chi connectivity index (χ2v) is 2.72. The topological polar surface area (TPSA) is 40.5 Å². The van der Waals surface area contributed by atoms with E-state index >= 15 is 0 Å². The third kappa shape index (κ3) is 8.75. The Kier molecular flexibility index (Phi) is 18.8. The number of phenols is 1. The third-order valence-electron chi connectivity index (χ3n) is 1.84. The highest BCUT2D eigenvalue weighted by Crippen LogP contribution is 2.20. The van der Waals surface area contributed by atoms with Crippen LogP contribution in [0, 0.1) is 13.8 Å². The minimum Gasteiger partial charge on any atom is -0.508 e. The summed E-state index contributed by atoms with van der Waals surface area (Å²) in [6.45, 7) is 15.8. The lowest BCUT2D eigenvalue weighted by atomic mass is 10.0. The molecular formula is C15H30O2. The molecule has 0 saturated carbocycles. The van der Waals surface area contributed by atoms with Gasteiger partial charge in [0.25, 0.3) is 0 Å². The van der Waals surface area contributed by atoms with Crippen LogP contribution >= 0.6 is 0 Å². The summed E-state index contributed by atoms with van der Waals surface area (Å²) in [5.74, 6) is 0.261. The van der Waals surface area contributed by atoms with Crippen molar-refractivity contribution in [1.82, 2.24) is 0 Å². The predicted molar refractivity (Wildman–Crippen MR) is 77.5 cm³/mol. The molecule has 102 valence electrons. The number of aromatic hydroxyl groups is 1. The van der Waals surface area contributed by atoms with Crippen molar-refractivity contribution in [2.45, 2.75) is 62.0 Å². The van der Waals surface area contributed by atoms with Crippen LogP contribution in [0.25, 0.3) is 0 Å². The van der Waals surface area contributed by atoms with E-state index in [4.69, 9.17) is 10.2 Å². The molecular weight excluding hydrogens is 212 g/mol. The average molecular weight is 242 g/mol. The van der Waals surface area contributed by atoms with Gasteiger partial charge in [-0.3, -0.25) is 0 Å². The van der Waals surface area contributed by atoms with Crippen molar-refractivity contribution in [2.24, 2.45) is 0 Å². The van der Waals surface area contributed by atoms with Gasteiger partial charge >= 0.3 is 0 Å². The van der Waals surface area contributed by atoms with E-state index in [2.05, 4.69) is 0 Å². The molecule has 0 atom stereocenters. The number of aliphatic hydroxyl groups excluding tert-OH is 1. The fraction of sp³-hybridized carbons (Fsp3) is 0.600. The summed E-state index contributed by atoms with van der Waals surface area (Å²) in [6.07, 6.45) is 0. The number of benzene rings is 1. The van der Waals surface area contributed by atoms with E-state index in [1.807, 2.05) is 55.4 Å². The first kappa shape index (κ1) is 21.3. The van der Waals surface area contributed by atoms with Crippen molar-refractivity contribution in [1.29, 1.82) is 0 Å². The summed E-state index contributed by atoms with van der Waals surface area (Å²) in [7, 11) is 0. The minimum atomic E-state index is 0.0396. The third-order valence-corrected chi connectivity index (χ3v) is 1.84. The molecule has 0 aliphatic rings. The Morgan fingerprint density at radius 1 is 0.824 bits per heavy atom. The van der Waals surface area contributed by atoms with Gasteiger partial charge in [0.1, 0.15) is 5.75 Å². The van der Waals surface area contributed by atoms with Gasteiger partial charge in [-0.15, -0.1) is 0 Å². The normalized spacial score (nSPS) is 7.59. The van der Waals surface area contributed by atoms with Gasteiger partial charge in [-0.05, 0) is 42.7 Å². The van der Waals surface area contributed by atoms with Gasteiger partial charge in [0.15, 0.2) is 0 Å². The standard InChI is InChI=1S/C9H12O2.3C2H6/c1-6-3-8(11)4-7(2)9(6)5-10;3*1-2/h3-4,10-11H,5H2,1-2H3;3*1-2H3. The lowest BCUT2D eigenvalue weighted by Crippen LogP contribution is -1.92. The highest BCUT2D eigenvalue weighted by atomic mass is 16.3. The van der Waals surface area contributed by atoms with Crippen molar-refractivity contribution in [2.75, 3.05) is 0 Å². The number of rotatable bonds is 1. The first-order valence-corrected chi connectivity index (χ1v) is 6.55. The highest BCUT2D eigenvalue weighted by Gasteiger charge is 2.01. The molecule has 2 nitrogen and oxygen atoms in total. The lowest BCUT2D eigenvalue weighted by Gasteiger charge is -2.06. The van der Waals surface area contributed by atoms with E-state index in [0.29, 0.717) is 0 Å². The van der Waals surface area contributed by atoms with E-state index in [1.165, 1.54) is 0 Å². The molecule has 17 heavy (non-hydrogen) atoms. The summed E-state index contributed by atoms with van der Waals surface area (Å²) >= 11 is 0. The molecule has 0 aromatic heterocycles. The number of aryl methyl sites for hydroxylation is 2. The molecule has 1 aromatic rings. The van der Waals surface area contributed by atoms with Crippen LogP contribution in [-0.2, 0) is 6.61 Å². The lowest BCUT2D eigenvalue weighted by molar-refractivity contribution is 0.280. The zero-order chi connectivity index (χ0) is 14.4. The van der Waals surface area contributed by atoms with Gasteiger partial charge in [0.05, 0.1) is 6.61 Å². The summed E-state index contributed by atoms with van der Waals surface area (Å²) in [6, 6.07) is 3.30. The molecule has 2 heteroatoms. The number of hydrogen-bond donors (Lipinski definition) is 2. The molecule has 0 fully saturated rings. The zero-order valence-electron chi connectivity index (χ0n) is 12.8. The van der Waals surface area contributed by atoms with Crippen LogP contribution in [-0.4, -0.2) is 10.2 Å². The molecule has 1 rings (SSSR count). The van der Waals surface area contributed by atoms with E-state index in [0.717, 1.165) is 16.7 Å². The van der Waals surface area contributed by atoms with Gasteiger partial charge in [-0.2, -0.15) is 0 Å². The number of phenolic OH excluding ortho intramolecular Hbond substituents is 1. The first-order valence-electron chi connectivity index (χ1n) is 6.55. The SMILES string of the molecule is CC.CC.CC.Cc1cc(O)cc(C)c1CO. The average Bonchev–Trinajstić information content (AvgIpc) is 2.36. The summed E-state index contributed by atoms with van der Waals surface area (Å²) in [4.78, 5) is 0. The molecule has 0 radical (unpaired) electrons. The van der Waals surface area contributed by atoms with E-state index in [1.54, 1.807) is 12.1 Å². The van der Waals surface area contributed by atoms with Crippen LogP contribution in [0.15, 0.2) is 12.1 Å². The Morgan fingerprint density at radius 2 is 1.12 bits per heavy atom. The Bertz CT molecular complexity index is 245. The summed E-state index contributed by atoms with van der Waals surface area (Å²) < 4.78 is 0. The molecule has 2 N–H and O–H groups in total. The Morgan fingerprint density at radius 3 is 1.35 bits per heavy atom. The molecule has 0 aliphatic carbocycles. The smallest absolute Gasteiger partial charge is 0.116 e. The van der Waals surface area contributed by atoms with Gasteiger partial charge in [-0.1, -0.05) is 41.5 Å². The van der Waals surface area contributed by atoms with Gasteiger partial charge in [0.2, 0.25) is 0 Å². The van der Waals surface area contributed by atoms with Crippen LogP contribution < -0.4 is 0 Å². The molecule has 0 heterocycles. The van der Waals surface area contributed by atoms with E-state index < -0.39 is 0 Å². The van der Waals surface area contributed by atoms with Crippen LogP contribution in [0.4, 0.5) is 0 Å². The molecule has 0 aliphatic heterocycles. The predicted octanol–water partition coefficient (Wildman–Crippen LogP) is 4.58. The van der Waals surface area contributed by atoms with Crippen molar-refractivity contribution < 1.29 is 10.2 Å². The van der Waals surface area contributed by atoms with Gasteiger partial charge < -0.3 is 10.2 Å². The second-order valence-electron chi connectivity index (χ2n) is 2.72. The van der Waals surface area contributed by atoms with Crippen molar-refractivity contribution in [3.05, 3.63) is 28.8 Å². The summed E-state index contributed by atoms with van der Waals surface area (Å²) in [5.41, 5.74) is 2.78. The largest absolute Gasteiger partial charge is 0.508 e. The van der Waals surface area contributed by atoms with Crippen LogP contribution in [0.2, 0.25) is 0 Å². The maximum absolute atomic E-state index is 9.13. The van der Waals surface area contributed by atoms with Crippen molar-refractivity contribution >= 4 is 0 Å². The Balaban J connectivity index is -0.000000285. The van der Waals surface area contributed by atoms with Gasteiger partial charge in [0, 0.05) is 0 Å². The van der Waals surface area contributed by atoms with E-state index in [-0.39, 0.29) is 12.4 Å². The Labute approximate surface area is 107 Å². The van der Waals surface area contributed by atoms with Crippen LogP contribution in [0.3, 0.4) is 0 Å². The molecule has 0 bridgehead atoms. The maximum atomic E-state index is 9.13. The summed E-state index contributed by atoms with van der Waals surface area (Å²) in [5, 5.41) is 18.0.